The van der Waals surface area contributed by atoms with Gasteiger partial charge in [-0.3, -0.25) is 0 Å². The van der Waals surface area contributed by atoms with Crippen molar-refractivity contribution in [1.29, 1.82) is 0 Å². The summed E-state index contributed by atoms with van der Waals surface area (Å²) in [6, 6.07) is 60.2. The van der Waals surface area contributed by atoms with Gasteiger partial charge in [-0.2, -0.15) is 0 Å². The van der Waals surface area contributed by atoms with E-state index in [1.54, 1.807) is 0 Å². The standard InChI is InChI=1S/C44H27NS/c1-2-17-35-28(10-1)22-24-38-36-18-5-6-20-40(36)45(44(35)38)32-14-7-13-30(26-32)33-15-3-4-16-34(33)31-23-25-41-39(27-31)37-19-8-11-29-12-9-21-42(46-41)43(29)37/h1-27H. The van der Waals surface area contributed by atoms with Crippen LogP contribution in [0.15, 0.2) is 174 Å². The summed E-state index contributed by atoms with van der Waals surface area (Å²) in [7, 11) is 0. The molecule has 0 spiro atoms. The minimum Gasteiger partial charge on any atom is -0.309 e. The number of benzene rings is 8. The summed E-state index contributed by atoms with van der Waals surface area (Å²) in [5.74, 6) is 0. The first-order chi connectivity index (χ1) is 22.8. The predicted octanol–water partition coefficient (Wildman–Crippen LogP) is 12.6. The molecule has 0 fully saturated rings. The summed E-state index contributed by atoms with van der Waals surface area (Å²) in [5, 5.41) is 7.74. The quantitative estimate of drug-likeness (QED) is 0.195. The van der Waals surface area contributed by atoms with Gasteiger partial charge in [-0.25, -0.2) is 0 Å². The van der Waals surface area contributed by atoms with Crippen molar-refractivity contribution in [2.45, 2.75) is 9.79 Å². The van der Waals surface area contributed by atoms with E-state index in [4.69, 9.17) is 0 Å². The number of fused-ring (bicyclic) bond motifs is 7. The zero-order valence-corrected chi connectivity index (χ0v) is 25.8. The Hall–Kier alpha value is -5.57. The highest BCUT2D eigenvalue weighted by atomic mass is 32.2. The minimum absolute atomic E-state index is 1.17. The normalized spacial score (nSPS) is 12.3. The van der Waals surface area contributed by atoms with E-state index >= 15 is 0 Å². The van der Waals surface area contributed by atoms with Gasteiger partial charge in [0.05, 0.1) is 11.0 Å². The van der Waals surface area contributed by atoms with Crippen LogP contribution >= 0.6 is 11.8 Å². The molecule has 0 bridgehead atoms. The average Bonchev–Trinajstić information content (AvgIpc) is 3.47. The largest absolute Gasteiger partial charge is 0.309 e. The Kier molecular flexibility index (Phi) is 5.58. The maximum absolute atomic E-state index is 2.45. The van der Waals surface area contributed by atoms with Crippen molar-refractivity contribution in [2.75, 3.05) is 0 Å². The van der Waals surface area contributed by atoms with Crippen LogP contribution in [-0.2, 0) is 0 Å². The van der Waals surface area contributed by atoms with Crippen LogP contribution < -0.4 is 0 Å². The molecule has 8 aromatic carbocycles. The average molecular weight is 602 g/mol. The monoisotopic (exact) mass is 601 g/mol. The first-order valence-electron chi connectivity index (χ1n) is 15.8. The summed E-state index contributed by atoms with van der Waals surface area (Å²) in [5.41, 5.74) is 11.2. The third kappa shape index (κ3) is 3.77. The molecule has 0 radical (unpaired) electrons. The molecular formula is C44H27NS. The molecular weight excluding hydrogens is 575 g/mol. The van der Waals surface area contributed by atoms with Crippen LogP contribution in [0, 0.1) is 0 Å². The molecule has 9 aromatic rings. The Morgan fingerprint density at radius 3 is 1.98 bits per heavy atom. The molecule has 46 heavy (non-hydrogen) atoms. The van der Waals surface area contributed by atoms with Crippen molar-refractivity contribution >= 4 is 55.1 Å². The van der Waals surface area contributed by atoms with Crippen molar-refractivity contribution in [3.05, 3.63) is 164 Å². The van der Waals surface area contributed by atoms with E-state index in [0.29, 0.717) is 0 Å². The van der Waals surface area contributed by atoms with E-state index in [2.05, 4.69) is 168 Å². The number of aromatic nitrogens is 1. The first kappa shape index (κ1) is 25.7. The molecule has 10 rings (SSSR count). The molecule has 0 atom stereocenters. The molecule has 2 heterocycles. The van der Waals surface area contributed by atoms with Gasteiger partial charge < -0.3 is 4.57 Å². The van der Waals surface area contributed by atoms with Gasteiger partial charge in [0.1, 0.15) is 0 Å². The van der Waals surface area contributed by atoms with Gasteiger partial charge >= 0.3 is 0 Å². The van der Waals surface area contributed by atoms with E-state index < -0.39 is 0 Å². The third-order valence-electron chi connectivity index (χ3n) is 9.57. The molecule has 0 N–H and O–H groups in total. The maximum Gasteiger partial charge on any atom is 0.0619 e. The summed E-state index contributed by atoms with van der Waals surface area (Å²) < 4.78 is 2.45. The van der Waals surface area contributed by atoms with E-state index in [1.165, 1.54) is 92.2 Å². The van der Waals surface area contributed by atoms with Crippen LogP contribution in [-0.4, -0.2) is 4.57 Å². The van der Waals surface area contributed by atoms with Crippen LogP contribution in [0.5, 0.6) is 0 Å². The van der Waals surface area contributed by atoms with Gasteiger partial charge in [0.15, 0.2) is 0 Å². The van der Waals surface area contributed by atoms with Crippen LogP contribution in [0.1, 0.15) is 0 Å². The molecule has 1 aliphatic heterocycles. The van der Waals surface area contributed by atoms with Gasteiger partial charge in [0, 0.05) is 37.0 Å². The molecule has 1 nitrogen and oxygen atoms in total. The van der Waals surface area contributed by atoms with E-state index in [0.717, 1.165) is 0 Å². The molecule has 0 unspecified atom stereocenters. The second-order valence-electron chi connectivity index (χ2n) is 12.1. The molecule has 2 heteroatoms. The topological polar surface area (TPSA) is 4.93 Å². The van der Waals surface area contributed by atoms with E-state index in [9.17, 15) is 0 Å². The van der Waals surface area contributed by atoms with Gasteiger partial charge in [-0.1, -0.05) is 139 Å². The summed E-state index contributed by atoms with van der Waals surface area (Å²) in [6.45, 7) is 0. The zero-order chi connectivity index (χ0) is 30.2. The van der Waals surface area contributed by atoms with E-state index in [1.807, 2.05) is 11.8 Å². The minimum atomic E-state index is 1.17. The molecule has 0 saturated heterocycles. The number of hydrogen-bond donors (Lipinski definition) is 0. The Bertz CT molecular complexity index is 2670. The molecule has 1 aromatic heterocycles. The lowest BCUT2D eigenvalue weighted by Crippen LogP contribution is -1.96. The number of para-hydroxylation sites is 1. The van der Waals surface area contributed by atoms with Crippen LogP contribution in [0.2, 0.25) is 0 Å². The van der Waals surface area contributed by atoms with Gasteiger partial charge in [-0.15, -0.1) is 0 Å². The molecule has 0 aliphatic carbocycles. The summed E-state index contributed by atoms with van der Waals surface area (Å²) in [4.78, 5) is 2.65. The fourth-order valence-electron chi connectivity index (χ4n) is 7.53. The lowest BCUT2D eigenvalue weighted by molar-refractivity contribution is 1.19. The number of hydrogen-bond acceptors (Lipinski definition) is 1. The second-order valence-corrected chi connectivity index (χ2v) is 13.2. The predicted molar refractivity (Wildman–Crippen MR) is 196 cm³/mol. The molecule has 1 aliphatic rings. The first-order valence-corrected chi connectivity index (χ1v) is 16.6. The second kappa shape index (κ2) is 9.97. The van der Waals surface area contributed by atoms with Gasteiger partial charge in [-0.05, 0) is 80.6 Å². The van der Waals surface area contributed by atoms with Crippen LogP contribution in [0.25, 0.3) is 82.4 Å². The number of nitrogens with zero attached hydrogens (tertiary/aromatic N) is 1. The van der Waals surface area contributed by atoms with Crippen molar-refractivity contribution in [2.24, 2.45) is 0 Å². The summed E-state index contributed by atoms with van der Waals surface area (Å²) in [6.07, 6.45) is 0. The van der Waals surface area contributed by atoms with Crippen molar-refractivity contribution in [1.82, 2.24) is 4.57 Å². The highest BCUT2D eigenvalue weighted by molar-refractivity contribution is 7.99. The van der Waals surface area contributed by atoms with Crippen LogP contribution in [0.3, 0.4) is 0 Å². The highest BCUT2D eigenvalue weighted by Gasteiger charge is 2.21. The maximum atomic E-state index is 2.45. The molecule has 214 valence electrons. The lowest BCUT2D eigenvalue weighted by Gasteiger charge is -2.21. The van der Waals surface area contributed by atoms with Crippen molar-refractivity contribution in [3.63, 3.8) is 0 Å². The van der Waals surface area contributed by atoms with Gasteiger partial charge in [0.25, 0.3) is 0 Å². The lowest BCUT2D eigenvalue weighted by atomic mass is 9.91. The Labute approximate surface area is 271 Å². The Morgan fingerprint density at radius 2 is 1.09 bits per heavy atom. The van der Waals surface area contributed by atoms with Crippen LogP contribution in [0.4, 0.5) is 0 Å². The smallest absolute Gasteiger partial charge is 0.0619 e. The van der Waals surface area contributed by atoms with E-state index in [-0.39, 0.29) is 0 Å². The zero-order valence-electron chi connectivity index (χ0n) is 24.9. The molecule has 0 amide bonds. The Balaban J connectivity index is 1.16. The summed E-state index contributed by atoms with van der Waals surface area (Å²) >= 11 is 1.88. The fraction of sp³-hybridized carbons (Fsp3) is 0. The third-order valence-corrected chi connectivity index (χ3v) is 10.7. The Morgan fingerprint density at radius 1 is 0.391 bits per heavy atom. The van der Waals surface area contributed by atoms with Crippen molar-refractivity contribution < 1.29 is 0 Å². The molecule has 0 saturated carbocycles. The highest BCUT2D eigenvalue weighted by Crippen LogP contribution is 2.49. The van der Waals surface area contributed by atoms with Crippen molar-refractivity contribution in [3.8, 4) is 39.1 Å². The SMILES string of the molecule is c1cc(-c2ccccc2-c2ccc3c(c2)-c2cccc4cccc(c24)S3)cc(-n2c3ccccc3c3ccc4ccccc4c32)c1. The van der Waals surface area contributed by atoms with Gasteiger partial charge in [0.2, 0.25) is 0 Å². The number of rotatable bonds is 3. The fourth-order valence-corrected chi connectivity index (χ4v) is 8.66.